The molecule has 17 heavy (non-hydrogen) atoms. The molecule has 0 aliphatic heterocycles. The summed E-state index contributed by atoms with van der Waals surface area (Å²) < 4.78 is 0. The van der Waals surface area contributed by atoms with Crippen molar-refractivity contribution in [1.29, 1.82) is 0 Å². The molecule has 2 rings (SSSR count). The normalized spacial score (nSPS) is 45.2. The lowest BCUT2D eigenvalue weighted by molar-refractivity contribution is -0.143. The zero-order valence-corrected chi connectivity index (χ0v) is 11.8. The van der Waals surface area contributed by atoms with Crippen LogP contribution < -0.4 is 0 Å². The fraction of sp³-hybridized carbons (Fsp3) is 0.812. The van der Waals surface area contributed by atoms with E-state index < -0.39 is 0 Å². The molecule has 2 aliphatic carbocycles. The molecular formula is C16H26O. The molecule has 0 saturated heterocycles. The van der Waals surface area contributed by atoms with Gasteiger partial charge in [-0.15, -0.1) is 6.58 Å². The fourth-order valence-electron chi connectivity index (χ4n) is 4.71. The zero-order valence-electron chi connectivity index (χ0n) is 11.8. The van der Waals surface area contributed by atoms with Gasteiger partial charge in [0.15, 0.2) is 0 Å². The first-order valence-corrected chi connectivity index (χ1v) is 6.98. The van der Waals surface area contributed by atoms with E-state index in [1.54, 1.807) is 0 Å². The molecule has 0 radical (unpaired) electrons. The molecule has 0 unspecified atom stereocenters. The van der Waals surface area contributed by atoms with Gasteiger partial charge < -0.3 is 0 Å². The maximum Gasteiger partial charge on any atom is 0.136 e. The van der Waals surface area contributed by atoms with Crippen LogP contribution in [0.2, 0.25) is 0 Å². The summed E-state index contributed by atoms with van der Waals surface area (Å²) in [5.74, 6) is 1.53. The van der Waals surface area contributed by atoms with Crippen molar-refractivity contribution >= 4 is 5.78 Å². The second-order valence-corrected chi connectivity index (χ2v) is 7.12. The summed E-state index contributed by atoms with van der Waals surface area (Å²) in [4.78, 5) is 12.2. The van der Waals surface area contributed by atoms with Gasteiger partial charge in [-0.2, -0.15) is 0 Å². The Hall–Kier alpha value is -0.590. The third-order valence-corrected chi connectivity index (χ3v) is 5.74. The van der Waals surface area contributed by atoms with E-state index in [9.17, 15) is 4.79 Å². The average Bonchev–Trinajstić information content (AvgIpc) is 2.22. The minimum absolute atomic E-state index is 0.169. The maximum atomic E-state index is 12.2. The largest absolute Gasteiger partial charge is 0.299 e. The van der Waals surface area contributed by atoms with Crippen LogP contribution in [0, 0.1) is 28.6 Å². The quantitative estimate of drug-likeness (QED) is 0.620. The van der Waals surface area contributed by atoms with E-state index in [2.05, 4.69) is 40.3 Å². The number of fused-ring (bicyclic) bond motifs is 1. The van der Waals surface area contributed by atoms with Gasteiger partial charge in [0.25, 0.3) is 0 Å². The van der Waals surface area contributed by atoms with Gasteiger partial charge in [-0.3, -0.25) is 4.79 Å². The first-order valence-electron chi connectivity index (χ1n) is 6.98. The molecule has 0 aromatic carbocycles. The third-order valence-electron chi connectivity index (χ3n) is 5.74. The lowest BCUT2D eigenvalue weighted by atomic mass is 9.46. The number of Topliss-reactive ketones (excluding diaryl/α,β-unsaturated/α-hetero) is 1. The minimum Gasteiger partial charge on any atom is -0.299 e. The summed E-state index contributed by atoms with van der Waals surface area (Å²) in [5.41, 5.74) is 0.598. The van der Waals surface area contributed by atoms with Gasteiger partial charge >= 0.3 is 0 Å². The van der Waals surface area contributed by atoms with Crippen molar-refractivity contribution in [3.05, 3.63) is 12.7 Å². The molecule has 96 valence electrons. The Morgan fingerprint density at radius 2 is 1.94 bits per heavy atom. The Labute approximate surface area is 106 Å². The minimum atomic E-state index is 0.169. The van der Waals surface area contributed by atoms with Gasteiger partial charge in [-0.05, 0) is 35.5 Å². The molecule has 0 bridgehead atoms. The van der Waals surface area contributed by atoms with E-state index in [-0.39, 0.29) is 11.3 Å². The van der Waals surface area contributed by atoms with Crippen molar-refractivity contribution in [3.8, 4) is 0 Å². The highest BCUT2D eigenvalue weighted by Gasteiger charge is 2.55. The molecule has 2 aliphatic rings. The fourth-order valence-corrected chi connectivity index (χ4v) is 4.71. The van der Waals surface area contributed by atoms with Crippen molar-refractivity contribution in [1.82, 2.24) is 0 Å². The number of allylic oxidation sites excluding steroid dienone is 1. The van der Waals surface area contributed by atoms with Gasteiger partial charge in [-0.25, -0.2) is 0 Å². The van der Waals surface area contributed by atoms with Crippen LogP contribution in [0.3, 0.4) is 0 Å². The smallest absolute Gasteiger partial charge is 0.136 e. The van der Waals surface area contributed by atoms with Crippen molar-refractivity contribution < 1.29 is 4.79 Å². The van der Waals surface area contributed by atoms with Crippen LogP contribution in [-0.4, -0.2) is 5.78 Å². The Morgan fingerprint density at radius 3 is 2.53 bits per heavy atom. The van der Waals surface area contributed by atoms with Gasteiger partial charge in [0.2, 0.25) is 0 Å². The summed E-state index contributed by atoms with van der Waals surface area (Å²) in [5, 5.41) is 0. The number of carbonyl (C=O) groups is 1. The Bertz CT molecular complexity index is 341. The second kappa shape index (κ2) is 3.96. The summed E-state index contributed by atoms with van der Waals surface area (Å²) >= 11 is 0. The molecule has 0 amide bonds. The lowest BCUT2D eigenvalue weighted by Crippen LogP contribution is -2.53. The van der Waals surface area contributed by atoms with E-state index in [4.69, 9.17) is 0 Å². The maximum absolute atomic E-state index is 12.2. The molecule has 0 N–H and O–H groups in total. The average molecular weight is 234 g/mol. The lowest BCUT2D eigenvalue weighted by Gasteiger charge is -2.57. The van der Waals surface area contributed by atoms with Crippen molar-refractivity contribution in [2.45, 2.75) is 53.4 Å². The molecule has 2 fully saturated rings. The highest BCUT2D eigenvalue weighted by molar-refractivity contribution is 5.82. The zero-order chi connectivity index (χ0) is 12.8. The van der Waals surface area contributed by atoms with Crippen LogP contribution in [-0.2, 0) is 4.79 Å². The summed E-state index contributed by atoms with van der Waals surface area (Å²) in [6.07, 6.45) is 6.66. The molecule has 1 nitrogen and oxygen atoms in total. The molecule has 0 aromatic rings. The number of ketones is 1. The first-order chi connectivity index (χ1) is 7.83. The Kier molecular flexibility index (Phi) is 3.00. The molecule has 0 spiro atoms. The van der Waals surface area contributed by atoms with Gasteiger partial charge in [0, 0.05) is 12.3 Å². The number of hydrogen-bond acceptors (Lipinski definition) is 1. The van der Waals surface area contributed by atoms with Crippen LogP contribution in [0.5, 0.6) is 0 Å². The molecule has 1 heteroatoms. The SMILES string of the molecule is C=C[C@H]1[C@H](C)C(=O)C[C@@H]2C(C)(C)CCC[C@@]21C. The number of rotatable bonds is 1. The summed E-state index contributed by atoms with van der Waals surface area (Å²) in [6.45, 7) is 13.2. The summed E-state index contributed by atoms with van der Waals surface area (Å²) in [6, 6.07) is 0. The van der Waals surface area contributed by atoms with Crippen molar-refractivity contribution in [2.24, 2.45) is 28.6 Å². The third kappa shape index (κ3) is 1.78. The molecule has 2 saturated carbocycles. The molecule has 4 atom stereocenters. The van der Waals surface area contributed by atoms with Crippen molar-refractivity contribution in [3.63, 3.8) is 0 Å². The predicted molar refractivity (Wildman–Crippen MR) is 71.7 cm³/mol. The van der Waals surface area contributed by atoms with E-state index >= 15 is 0 Å². The van der Waals surface area contributed by atoms with E-state index in [0.717, 1.165) is 6.42 Å². The molecule has 0 heterocycles. The molecular weight excluding hydrogens is 208 g/mol. The van der Waals surface area contributed by atoms with Crippen LogP contribution in [0.1, 0.15) is 53.4 Å². The van der Waals surface area contributed by atoms with E-state index in [1.165, 1.54) is 19.3 Å². The Morgan fingerprint density at radius 1 is 1.29 bits per heavy atom. The van der Waals surface area contributed by atoms with Crippen LogP contribution in [0.25, 0.3) is 0 Å². The van der Waals surface area contributed by atoms with Crippen LogP contribution in [0.4, 0.5) is 0 Å². The van der Waals surface area contributed by atoms with Gasteiger partial charge in [0.05, 0.1) is 0 Å². The number of carbonyl (C=O) groups excluding carboxylic acids is 1. The van der Waals surface area contributed by atoms with Gasteiger partial charge in [-0.1, -0.05) is 40.2 Å². The van der Waals surface area contributed by atoms with Crippen LogP contribution in [0.15, 0.2) is 12.7 Å². The standard InChI is InChI=1S/C16H26O/c1-6-12-11(2)13(17)10-14-15(3,4)8-7-9-16(12,14)5/h6,11-12,14H,1,7-10H2,2-5H3/t11-,12-,14+,16+/m0/s1. The topological polar surface area (TPSA) is 17.1 Å². The monoisotopic (exact) mass is 234 g/mol. The highest BCUT2D eigenvalue weighted by Crippen LogP contribution is 2.60. The second-order valence-electron chi connectivity index (χ2n) is 7.12. The van der Waals surface area contributed by atoms with Gasteiger partial charge in [0.1, 0.15) is 5.78 Å². The number of hydrogen-bond donors (Lipinski definition) is 0. The van der Waals surface area contributed by atoms with E-state index in [0.29, 0.717) is 23.0 Å². The first kappa shape index (κ1) is 12.9. The van der Waals surface area contributed by atoms with Crippen molar-refractivity contribution in [2.75, 3.05) is 0 Å². The van der Waals surface area contributed by atoms with E-state index in [1.807, 2.05) is 0 Å². The van der Waals surface area contributed by atoms with Crippen LogP contribution >= 0.6 is 0 Å². The summed E-state index contributed by atoms with van der Waals surface area (Å²) in [7, 11) is 0. The highest BCUT2D eigenvalue weighted by atomic mass is 16.1. The molecule has 0 aromatic heterocycles. The Balaban J connectivity index is 2.42. The predicted octanol–water partition coefficient (Wildman–Crippen LogP) is 4.23.